The summed E-state index contributed by atoms with van der Waals surface area (Å²) in [6.07, 6.45) is 2.91. The van der Waals surface area contributed by atoms with E-state index in [4.69, 9.17) is 4.52 Å². The number of nitrogens with zero attached hydrogens (tertiary/aromatic N) is 1. The van der Waals surface area contributed by atoms with E-state index in [0.29, 0.717) is 5.76 Å². The zero-order valence-corrected chi connectivity index (χ0v) is 6.89. The van der Waals surface area contributed by atoms with Gasteiger partial charge in [-0.1, -0.05) is 18.5 Å². The molecule has 0 aliphatic heterocycles. The largest absolute Gasteiger partial charge is 0.856 e. The van der Waals surface area contributed by atoms with Gasteiger partial charge in [0.05, 0.1) is 0 Å². The van der Waals surface area contributed by atoms with Gasteiger partial charge in [-0.15, -0.1) is 0 Å². The van der Waals surface area contributed by atoms with Crippen LogP contribution in [0.25, 0.3) is 0 Å². The second kappa shape index (κ2) is 3.42. The highest BCUT2D eigenvalue weighted by molar-refractivity contribution is 5.24. The normalized spacial score (nSPS) is 10.4. The third-order valence-corrected chi connectivity index (χ3v) is 1.73. The molecule has 1 heterocycles. The van der Waals surface area contributed by atoms with Crippen molar-refractivity contribution in [3.05, 3.63) is 11.3 Å². The van der Waals surface area contributed by atoms with Crippen molar-refractivity contribution in [2.45, 2.75) is 33.1 Å². The summed E-state index contributed by atoms with van der Waals surface area (Å²) in [6.45, 7) is 3.87. The van der Waals surface area contributed by atoms with Gasteiger partial charge in [0, 0.05) is 11.4 Å². The van der Waals surface area contributed by atoms with Gasteiger partial charge in [-0.05, 0) is 19.8 Å². The molecule has 62 valence electrons. The van der Waals surface area contributed by atoms with Gasteiger partial charge in [-0.25, -0.2) is 0 Å². The Balaban J connectivity index is 2.67. The molecule has 0 aliphatic carbocycles. The molecule has 0 saturated carbocycles. The number of hydrogen-bond acceptors (Lipinski definition) is 3. The average Bonchev–Trinajstić information content (AvgIpc) is 2.29. The van der Waals surface area contributed by atoms with Crippen molar-refractivity contribution in [1.82, 2.24) is 5.16 Å². The van der Waals surface area contributed by atoms with Gasteiger partial charge in [-0.3, -0.25) is 0 Å². The van der Waals surface area contributed by atoms with Crippen LogP contribution in [0, 0.1) is 6.92 Å². The third-order valence-electron chi connectivity index (χ3n) is 1.73. The van der Waals surface area contributed by atoms with E-state index in [0.717, 1.165) is 24.8 Å². The molecular formula is C8H12NO2-. The lowest BCUT2D eigenvalue weighted by Gasteiger charge is -2.02. The number of aromatic nitrogens is 1. The highest BCUT2D eigenvalue weighted by atomic mass is 16.5. The lowest BCUT2D eigenvalue weighted by atomic mass is 10.1. The van der Waals surface area contributed by atoms with E-state index in [1.807, 2.05) is 0 Å². The summed E-state index contributed by atoms with van der Waals surface area (Å²) in [5.41, 5.74) is 0.742. The van der Waals surface area contributed by atoms with Crippen LogP contribution in [0.4, 0.5) is 0 Å². The Morgan fingerprint density at radius 3 is 2.73 bits per heavy atom. The van der Waals surface area contributed by atoms with Gasteiger partial charge < -0.3 is 9.63 Å². The van der Waals surface area contributed by atoms with Gasteiger partial charge in [0.25, 0.3) is 0 Å². The molecule has 0 aromatic carbocycles. The first-order valence-corrected chi connectivity index (χ1v) is 3.88. The molecule has 0 unspecified atom stereocenters. The first kappa shape index (κ1) is 8.11. The van der Waals surface area contributed by atoms with Gasteiger partial charge in [0.15, 0.2) is 0 Å². The molecule has 3 heteroatoms. The SMILES string of the molecule is CCCCc1c([O-])noc1C. The fourth-order valence-electron chi connectivity index (χ4n) is 1.01. The van der Waals surface area contributed by atoms with Gasteiger partial charge in [-0.2, -0.15) is 0 Å². The molecule has 0 aliphatic rings. The number of hydrogen-bond donors (Lipinski definition) is 0. The molecule has 0 spiro atoms. The second-order valence-electron chi connectivity index (χ2n) is 2.63. The van der Waals surface area contributed by atoms with E-state index in [-0.39, 0.29) is 5.88 Å². The monoisotopic (exact) mass is 154 g/mol. The van der Waals surface area contributed by atoms with Gasteiger partial charge in [0.1, 0.15) is 5.76 Å². The van der Waals surface area contributed by atoms with Crippen molar-refractivity contribution < 1.29 is 9.63 Å². The molecule has 3 nitrogen and oxygen atoms in total. The van der Waals surface area contributed by atoms with E-state index < -0.39 is 0 Å². The highest BCUT2D eigenvalue weighted by Crippen LogP contribution is 2.18. The van der Waals surface area contributed by atoms with Crippen LogP contribution in [-0.2, 0) is 6.42 Å². The lowest BCUT2D eigenvalue weighted by molar-refractivity contribution is -0.278. The molecule has 0 saturated heterocycles. The Bertz CT molecular complexity index is 210. The van der Waals surface area contributed by atoms with Crippen molar-refractivity contribution >= 4 is 0 Å². The van der Waals surface area contributed by atoms with Crippen molar-refractivity contribution in [2.24, 2.45) is 0 Å². The minimum absolute atomic E-state index is 0.198. The van der Waals surface area contributed by atoms with E-state index in [2.05, 4.69) is 12.1 Å². The minimum Gasteiger partial charge on any atom is -0.856 e. The number of unbranched alkanes of at least 4 members (excludes halogenated alkanes) is 1. The Kier molecular flexibility index (Phi) is 2.52. The summed E-state index contributed by atoms with van der Waals surface area (Å²) in [5, 5.41) is 14.3. The summed E-state index contributed by atoms with van der Waals surface area (Å²) >= 11 is 0. The molecule has 0 bridgehead atoms. The Morgan fingerprint density at radius 1 is 1.55 bits per heavy atom. The summed E-state index contributed by atoms with van der Waals surface area (Å²) < 4.78 is 4.73. The molecule has 0 atom stereocenters. The summed E-state index contributed by atoms with van der Waals surface area (Å²) in [5.74, 6) is 0.472. The molecule has 1 rings (SSSR count). The minimum atomic E-state index is -0.198. The average molecular weight is 154 g/mol. The molecule has 0 N–H and O–H groups in total. The third kappa shape index (κ3) is 1.73. The van der Waals surface area contributed by atoms with Crippen LogP contribution in [0.1, 0.15) is 31.1 Å². The van der Waals surface area contributed by atoms with Crippen LogP contribution >= 0.6 is 0 Å². The quantitative estimate of drug-likeness (QED) is 0.661. The smallest absolute Gasteiger partial charge is 0.136 e. The maximum absolute atomic E-state index is 10.9. The van der Waals surface area contributed by atoms with Crippen molar-refractivity contribution in [3.8, 4) is 5.88 Å². The second-order valence-corrected chi connectivity index (χ2v) is 2.63. The maximum atomic E-state index is 10.9. The van der Waals surface area contributed by atoms with Crippen molar-refractivity contribution in [2.75, 3.05) is 0 Å². The number of rotatable bonds is 3. The lowest BCUT2D eigenvalue weighted by Crippen LogP contribution is -1.95. The first-order chi connectivity index (χ1) is 5.25. The Hall–Kier alpha value is -0.990. The van der Waals surface area contributed by atoms with Crippen LogP contribution in [0.2, 0.25) is 0 Å². The van der Waals surface area contributed by atoms with Crippen LogP contribution in [-0.4, -0.2) is 5.16 Å². The predicted molar refractivity (Wildman–Crippen MR) is 39.3 cm³/mol. The van der Waals surface area contributed by atoms with Crippen LogP contribution in [0.5, 0.6) is 5.88 Å². The van der Waals surface area contributed by atoms with Gasteiger partial charge >= 0.3 is 0 Å². The molecule has 0 radical (unpaired) electrons. The highest BCUT2D eigenvalue weighted by Gasteiger charge is 2.03. The zero-order valence-electron chi connectivity index (χ0n) is 6.89. The van der Waals surface area contributed by atoms with E-state index in [1.54, 1.807) is 6.92 Å². The topological polar surface area (TPSA) is 49.1 Å². The van der Waals surface area contributed by atoms with Crippen molar-refractivity contribution in [3.63, 3.8) is 0 Å². The van der Waals surface area contributed by atoms with Gasteiger partial charge in [0.2, 0.25) is 0 Å². The van der Waals surface area contributed by atoms with Crippen LogP contribution in [0.3, 0.4) is 0 Å². The summed E-state index contributed by atoms with van der Waals surface area (Å²) in [6, 6.07) is 0. The predicted octanol–water partition coefficient (Wildman–Crippen LogP) is 1.40. The standard InChI is InChI=1S/C8H13NO2/c1-3-4-5-7-6(2)11-9-8(7)10/h3-5H2,1-2H3,(H,9,10)/p-1. The Labute approximate surface area is 66.0 Å². The first-order valence-electron chi connectivity index (χ1n) is 3.88. The Morgan fingerprint density at radius 2 is 2.27 bits per heavy atom. The fourth-order valence-corrected chi connectivity index (χ4v) is 1.01. The maximum Gasteiger partial charge on any atom is 0.136 e. The van der Waals surface area contributed by atoms with E-state index >= 15 is 0 Å². The molecular weight excluding hydrogens is 142 g/mol. The van der Waals surface area contributed by atoms with E-state index in [9.17, 15) is 5.11 Å². The number of aryl methyl sites for hydroxylation is 1. The van der Waals surface area contributed by atoms with Crippen LogP contribution < -0.4 is 5.11 Å². The molecule has 1 aromatic heterocycles. The van der Waals surface area contributed by atoms with E-state index in [1.165, 1.54) is 0 Å². The van der Waals surface area contributed by atoms with Crippen LogP contribution in [0.15, 0.2) is 4.52 Å². The summed E-state index contributed by atoms with van der Waals surface area (Å²) in [4.78, 5) is 0. The zero-order chi connectivity index (χ0) is 8.27. The summed E-state index contributed by atoms with van der Waals surface area (Å²) in [7, 11) is 0. The fraction of sp³-hybridized carbons (Fsp3) is 0.625. The molecule has 1 aromatic rings. The molecule has 0 amide bonds. The van der Waals surface area contributed by atoms with Crippen molar-refractivity contribution in [1.29, 1.82) is 0 Å². The molecule has 11 heavy (non-hydrogen) atoms. The molecule has 0 fully saturated rings.